The van der Waals surface area contributed by atoms with Crippen LogP contribution in [-0.4, -0.2) is 30.5 Å². The summed E-state index contributed by atoms with van der Waals surface area (Å²) in [4.78, 5) is 15.5. The van der Waals surface area contributed by atoms with E-state index in [0.29, 0.717) is 10.9 Å². The summed E-state index contributed by atoms with van der Waals surface area (Å²) in [6, 6.07) is 5.50. The molecule has 0 saturated carbocycles. The van der Waals surface area contributed by atoms with Gasteiger partial charge in [0, 0.05) is 11.6 Å². The molecule has 1 atom stereocenters. The minimum Gasteiger partial charge on any atom is -0.480 e. The normalized spacial score (nSPS) is 13.4. The van der Waals surface area contributed by atoms with E-state index >= 15 is 0 Å². The molecule has 0 aliphatic rings. The standard InChI is InChI=1S/C16H20N2O4S/c1-10(2)7-13(16(19)20)18-23(21,22)14-6-4-5-12-8-11(3)9-17-15(12)14/h4-6,8-10,13,18H,7H2,1-3H3,(H,19,20). The van der Waals surface area contributed by atoms with Crippen LogP contribution in [0.3, 0.4) is 0 Å². The van der Waals surface area contributed by atoms with Gasteiger partial charge in [-0.25, -0.2) is 8.42 Å². The number of benzene rings is 1. The Bertz CT molecular complexity index is 831. The summed E-state index contributed by atoms with van der Waals surface area (Å²) in [5.41, 5.74) is 1.25. The summed E-state index contributed by atoms with van der Waals surface area (Å²) in [5.74, 6) is -1.14. The molecule has 7 heteroatoms. The number of para-hydroxylation sites is 1. The molecule has 0 spiro atoms. The molecule has 23 heavy (non-hydrogen) atoms. The van der Waals surface area contributed by atoms with Crippen LogP contribution >= 0.6 is 0 Å². The Balaban J connectivity index is 2.45. The van der Waals surface area contributed by atoms with Crippen molar-refractivity contribution in [1.29, 1.82) is 0 Å². The second-order valence-electron chi connectivity index (χ2n) is 5.98. The average molecular weight is 336 g/mol. The molecule has 2 rings (SSSR count). The molecule has 0 aliphatic heterocycles. The summed E-state index contributed by atoms with van der Waals surface area (Å²) >= 11 is 0. The lowest BCUT2D eigenvalue weighted by Crippen LogP contribution is -2.41. The highest BCUT2D eigenvalue weighted by atomic mass is 32.2. The van der Waals surface area contributed by atoms with Gasteiger partial charge in [-0.3, -0.25) is 9.78 Å². The van der Waals surface area contributed by atoms with Gasteiger partial charge in [0.1, 0.15) is 10.9 Å². The predicted octanol–water partition coefficient (Wildman–Crippen LogP) is 2.32. The van der Waals surface area contributed by atoms with Crippen molar-refractivity contribution < 1.29 is 18.3 Å². The first kappa shape index (κ1) is 17.4. The fraction of sp³-hybridized carbons (Fsp3) is 0.375. The minimum absolute atomic E-state index is 0.00925. The van der Waals surface area contributed by atoms with Gasteiger partial charge in [-0.1, -0.05) is 26.0 Å². The first-order valence-electron chi connectivity index (χ1n) is 7.31. The third-order valence-electron chi connectivity index (χ3n) is 3.40. The number of aromatic nitrogens is 1. The second kappa shape index (κ2) is 6.64. The molecule has 1 unspecified atom stereocenters. The van der Waals surface area contributed by atoms with E-state index < -0.39 is 22.0 Å². The topological polar surface area (TPSA) is 96.4 Å². The highest BCUT2D eigenvalue weighted by molar-refractivity contribution is 7.89. The molecule has 0 fully saturated rings. The van der Waals surface area contributed by atoms with E-state index in [2.05, 4.69) is 9.71 Å². The molecular formula is C16H20N2O4S. The Morgan fingerprint density at radius 1 is 1.35 bits per heavy atom. The maximum absolute atomic E-state index is 12.6. The molecule has 2 N–H and O–H groups in total. The summed E-state index contributed by atoms with van der Waals surface area (Å²) in [6.07, 6.45) is 1.80. The molecule has 0 amide bonds. The number of carboxylic acid groups (broad SMARTS) is 1. The summed E-state index contributed by atoms with van der Waals surface area (Å²) in [5, 5.41) is 9.94. The molecule has 0 radical (unpaired) electrons. The number of rotatable bonds is 6. The maximum Gasteiger partial charge on any atom is 0.321 e. The van der Waals surface area contributed by atoms with Crippen molar-refractivity contribution in [2.75, 3.05) is 0 Å². The highest BCUT2D eigenvalue weighted by Crippen LogP contribution is 2.22. The number of sulfonamides is 1. The number of carboxylic acids is 1. The van der Waals surface area contributed by atoms with Crippen LogP contribution in [0.1, 0.15) is 25.8 Å². The van der Waals surface area contributed by atoms with Crippen LogP contribution in [0.4, 0.5) is 0 Å². The van der Waals surface area contributed by atoms with E-state index in [4.69, 9.17) is 0 Å². The van der Waals surface area contributed by atoms with Crippen molar-refractivity contribution in [3.63, 3.8) is 0 Å². The van der Waals surface area contributed by atoms with E-state index in [1.54, 1.807) is 18.3 Å². The second-order valence-corrected chi connectivity index (χ2v) is 7.66. The van der Waals surface area contributed by atoms with E-state index in [0.717, 1.165) is 5.56 Å². The third-order valence-corrected chi connectivity index (χ3v) is 4.91. The Kier molecular flexibility index (Phi) is 5.01. The van der Waals surface area contributed by atoms with Crippen LogP contribution < -0.4 is 4.72 Å². The fourth-order valence-corrected chi connectivity index (χ4v) is 3.76. The smallest absolute Gasteiger partial charge is 0.321 e. The van der Waals surface area contributed by atoms with Crippen LogP contribution in [0.5, 0.6) is 0 Å². The number of pyridine rings is 1. The van der Waals surface area contributed by atoms with Crippen LogP contribution in [0.25, 0.3) is 10.9 Å². The van der Waals surface area contributed by atoms with E-state index in [1.807, 2.05) is 26.8 Å². The summed E-state index contributed by atoms with van der Waals surface area (Å²) in [6.45, 7) is 5.55. The van der Waals surface area contributed by atoms with Gasteiger partial charge in [-0.2, -0.15) is 4.72 Å². The molecule has 2 aromatic rings. The van der Waals surface area contributed by atoms with Crippen LogP contribution in [0.15, 0.2) is 35.4 Å². The molecule has 6 nitrogen and oxygen atoms in total. The minimum atomic E-state index is -3.98. The van der Waals surface area contributed by atoms with Gasteiger partial charge in [0.25, 0.3) is 0 Å². The van der Waals surface area contributed by atoms with Gasteiger partial charge in [-0.05, 0) is 37.0 Å². The highest BCUT2D eigenvalue weighted by Gasteiger charge is 2.27. The molecule has 1 aromatic carbocycles. The lowest BCUT2D eigenvalue weighted by molar-refractivity contribution is -0.139. The lowest BCUT2D eigenvalue weighted by Gasteiger charge is -2.17. The number of hydrogen-bond donors (Lipinski definition) is 2. The van der Waals surface area contributed by atoms with Gasteiger partial charge in [0.05, 0.1) is 5.52 Å². The molecule has 0 aliphatic carbocycles. The SMILES string of the molecule is Cc1cnc2c(S(=O)(=O)NC(CC(C)C)C(=O)O)cccc2c1. The van der Waals surface area contributed by atoms with Crippen LogP contribution in [0.2, 0.25) is 0 Å². The number of aryl methyl sites for hydroxylation is 1. The first-order chi connectivity index (χ1) is 10.7. The zero-order chi connectivity index (χ0) is 17.2. The first-order valence-corrected chi connectivity index (χ1v) is 8.79. The van der Waals surface area contributed by atoms with Crippen molar-refractivity contribution in [2.24, 2.45) is 5.92 Å². The van der Waals surface area contributed by atoms with Gasteiger partial charge in [0.15, 0.2) is 0 Å². The molecule has 124 valence electrons. The van der Waals surface area contributed by atoms with Gasteiger partial charge in [0.2, 0.25) is 10.0 Å². The molecular weight excluding hydrogens is 316 g/mol. The molecule has 0 saturated heterocycles. The van der Waals surface area contributed by atoms with Crippen LogP contribution in [-0.2, 0) is 14.8 Å². The van der Waals surface area contributed by atoms with Gasteiger partial charge >= 0.3 is 5.97 Å². The molecule has 0 bridgehead atoms. The number of carbonyl (C=O) groups is 1. The Morgan fingerprint density at radius 3 is 2.65 bits per heavy atom. The number of nitrogens with one attached hydrogen (secondary N) is 1. The number of hydrogen-bond acceptors (Lipinski definition) is 4. The fourth-order valence-electron chi connectivity index (χ4n) is 2.38. The Labute approximate surface area is 135 Å². The van der Waals surface area contributed by atoms with E-state index in [9.17, 15) is 18.3 Å². The quantitative estimate of drug-likeness (QED) is 0.844. The third kappa shape index (κ3) is 4.05. The summed E-state index contributed by atoms with van der Waals surface area (Å²) < 4.78 is 27.5. The Morgan fingerprint density at radius 2 is 2.04 bits per heavy atom. The Hall–Kier alpha value is -1.99. The molecule has 1 aromatic heterocycles. The average Bonchev–Trinajstić information content (AvgIpc) is 2.44. The van der Waals surface area contributed by atoms with Crippen molar-refractivity contribution in [2.45, 2.75) is 38.1 Å². The largest absolute Gasteiger partial charge is 0.480 e. The lowest BCUT2D eigenvalue weighted by atomic mass is 10.1. The van der Waals surface area contributed by atoms with Crippen molar-refractivity contribution in [1.82, 2.24) is 9.71 Å². The summed E-state index contributed by atoms with van der Waals surface area (Å²) in [7, 11) is -3.98. The number of nitrogens with zero attached hydrogens (tertiary/aromatic N) is 1. The number of fused-ring (bicyclic) bond motifs is 1. The number of aliphatic carboxylic acids is 1. The van der Waals surface area contributed by atoms with Crippen molar-refractivity contribution in [3.05, 3.63) is 36.0 Å². The monoisotopic (exact) mass is 336 g/mol. The van der Waals surface area contributed by atoms with E-state index in [1.165, 1.54) is 6.07 Å². The molecule has 1 heterocycles. The van der Waals surface area contributed by atoms with Gasteiger partial charge in [-0.15, -0.1) is 0 Å². The van der Waals surface area contributed by atoms with E-state index in [-0.39, 0.29) is 17.2 Å². The van der Waals surface area contributed by atoms with Crippen molar-refractivity contribution >= 4 is 26.9 Å². The van der Waals surface area contributed by atoms with Crippen molar-refractivity contribution in [3.8, 4) is 0 Å². The van der Waals surface area contributed by atoms with Crippen LogP contribution in [0, 0.1) is 12.8 Å². The predicted molar refractivity (Wildman–Crippen MR) is 87.7 cm³/mol. The zero-order valence-corrected chi connectivity index (χ0v) is 14.1. The zero-order valence-electron chi connectivity index (χ0n) is 13.3. The maximum atomic E-state index is 12.6. The van der Waals surface area contributed by atoms with Gasteiger partial charge < -0.3 is 5.11 Å².